The second-order valence-corrected chi connectivity index (χ2v) is 9.04. The molecular weight excluding hydrogens is 384 g/mol. The standard InChI is InChI=1S/C22H22N4O2S/c27-21(24-17-7-8-28-19-4-2-1-3-16(17)19)13-5-6-18-20(9-13)29-22(25-18)26-12-14-10-15(26)11-23-14/h1-6,9,14-15,17,23H,7-8,10-12H2,(H,24,27)/t14-,15-,17+/m1/s1. The molecule has 3 atom stereocenters. The van der Waals surface area contributed by atoms with Crippen LogP contribution in [0.15, 0.2) is 42.5 Å². The molecule has 3 aliphatic heterocycles. The minimum Gasteiger partial charge on any atom is -0.493 e. The van der Waals surface area contributed by atoms with Crippen molar-refractivity contribution in [3.8, 4) is 5.75 Å². The number of piperazine rings is 1. The van der Waals surface area contributed by atoms with Gasteiger partial charge in [0, 0.05) is 42.7 Å². The average molecular weight is 407 g/mol. The molecule has 4 heterocycles. The average Bonchev–Trinajstić information content (AvgIpc) is 3.48. The number of carbonyl (C=O) groups is 1. The molecule has 0 aliphatic carbocycles. The number of amides is 1. The van der Waals surface area contributed by atoms with Crippen molar-refractivity contribution in [3.05, 3.63) is 53.6 Å². The van der Waals surface area contributed by atoms with E-state index < -0.39 is 0 Å². The fraction of sp³-hybridized carbons (Fsp3) is 0.364. The van der Waals surface area contributed by atoms with Crippen LogP contribution in [0.1, 0.15) is 34.8 Å². The lowest BCUT2D eigenvalue weighted by molar-refractivity contribution is 0.0925. The molecule has 1 aromatic heterocycles. The number of nitrogens with zero attached hydrogens (tertiary/aromatic N) is 2. The highest BCUT2D eigenvalue weighted by Crippen LogP contribution is 2.36. The van der Waals surface area contributed by atoms with Crippen molar-refractivity contribution in [2.24, 2.45) is 0 Å². The van der Waals surface area contributed by atoms with Crippen molar-refractivity contribution >= 4 is 32.6 Å². The Morgan fingerprint density at radius 1 is 1.28 bits per heavy atom. The maximum Gasteiger partial charge on any atom is 0.251 e. The minimum atomic E-state index is -0.0482. The first-order valence-corrected chi connectivity index (χ1v) is 11.0. The molecule has 148 valence electrons. The van der Waals surface area contributed by atoms with E-state index in [1.807, 2.05) is 42.5 Å². The van der Waals surface area contributed by atoms with E-state index in [-0.39, 0.29) is 11.9 Å². The molecule has 6 nitrogen and oxygen atoms in total. The van der Waals surface area contributed by atoms with E-state index in [2.05, 4.69) is 15.5 Å². The molecule has 0 saturated carbocycles. The van der Waals surface area contributed by atoms with Crippen LogP contribution in [0.2, 0.25) is 0 Å². The molecular formula is C22H22N4O2S. The fourth-order valence-corrected chi connectivity index (χ4v) is 5.79. The maximum absolute atomic E-state index is 12.9. The Labute approximate surface area is 172 Å². The summed E-state index contributed by atoms with van der Waals surface area (Å²) in [6.07, 6.45) is 1.98. The Balaban J connectivity index is 1.24. The number of para-hydroxylation sites is 1. The highest BCUT2D eigenvalue weighted by atomic mass is 32.1. The Hall–Kier alpha value is -2.64. The predicted molar refractivity (Wildman–Crippen MR) is 114 cm³/mol. The topological polar surface area (TPSA) is 66.5 Å². The van der Waals surface area contributed by atoms with Gasteiger partial charge in [-0.2, -0.15) is 0 Å². The van der Waals surface area contributed by atoms with E-state index in [1.54, 1.807) is 11.3 Å². The van der Waals surface area contributed by atoms with Gasteiger partial charge < -0.3 is 20.3 Å². The van der Waals surface area contributed by atoms with Gasteiger partial charge in [-0.1, -0.05) is 29.5 Å². The molecule has 2 saturated heterocycles. The first-order chi connectivity index (χ1) is 14.2. The first-order valence-electron chi connectivity index (χ1n) is 10.2. The number of hydrogen-bond donors (Lipinski definition) is 2. The molecule has 2 bridgehead atoms. The zero-order valence-electron chi connectivity index (χ0n) is 15.9. The fourth-order valence-electron chi connectivity index (χ4n) is 4.71. The van der Waals surface area contributed by atoms with Crippen LogP contribution in [0.25, 0.3) is 10.2 Å². The number of hydrogen-bond acceptors (Lipinski definition) is 6. The van der Waals surface area contributed by atoms with Crippen LogP contribution in [0.3, 0.4) is 0 Å². The van der Waals surface area contributed by atoms with Crippen LogP contribution in [-0.2, 0) is 0 Å². The van der Waals surface area contributed by atoms with Gasteiger partial charge >= 0.3 is 0 Å². The van der Waals surface area contributed by atoms with E-state index in [0.717, 1.165) is 46.2 Å². The smallest absolute Gasteiger partial charge is 0.251 e. The molecule has 7 heteroatoms. The predicted octanol–water partition coefficient (Wildman–Crippen LogP) is 3.10. The zero-order chi connectivity index (χ0) is 19.4. The van der Waals surface area contributed by atoms with Crippen molar-refractivity contribution < 1.29 is 9.53 Å². The molecule has 2 N–H and O–H groups in total. The normalized spacial score (nSPS) is 25.1. The van der Waals surface area contributed by atoms with Gasteiger partial charge in [0.1, 0.15) is 5.75 Å². The zero-order valence-corrected chi connectivity index (χ0v) is 16.7. The molecule has 29 heavy (non-hydrogen) atoms. The molecule has 0 unspecified atom stereocenters. The summed E-state index contributed by atoms with van der Waals surface area (Å²) < 4.78 is 6.77. The molecule has 2 fully saturated rings. The summed E-state index contributed by atoms with van der Waals surface area (Å²) in [6, 6.07) is 14.9. The summed E-state index contributed by atoms with van der Waals surface area (Å²) in [7, 11) is 0. The molecule has 0 radical (unpaired) electrons. The van der Waals surface area contributed by atoms with Crippen molar-refractivity contribution in [1.29, 1.82) is 0 Å². The summed E-state index contributed by atoms with van der Waals surface area (Å²) in [5, 5.41) is 7.79. The molecule has 0 spiro atoms. The van der Waals surface area contributed by atoms with Gasteiger partial charge in [0.05, 0.1) is 22.9 Å². The van der Waals surface area contributed by atoms with Crippen LogP contribution < -0.4 is 20.3 Å². The number of ether oxygens (including phenoxy) is 1. The number of fused-ring (bicyclic) bond motifs is 4. The third kappa shape index (κ3) is 2.96. The minimum absolute atomic E-state index is 0.0205. The Morgan fingerprint density at radius 3 is 3.07 bits per heavy atom. The summed E-state index contributed by atoms with van der Waals surface area (Å²) in [6.45, 7) is 2.69. The third-order valence-corrected chi connectivity index (χ3v) is 7.26. The maximum atomic E-state index is 12.9. The molecule has 3 aliphatic rings. The van der Waals surface area contributed by atoms with Crippen molar-refractivity contribution in [1.82, 2.24) is 15.6 Å². The molecule has 6 rings (SSSR count). The van der Waals surface area contributed by atoms with Gasteiger partial charge in [0.15, 0.2) is 5.13 Å². The number of aromatic nitrogens is 1. The van der Waals surface area contributed by atoms with E-state index in [0.29, 0.717) is 24.3 Å². The summed E-state index contributed by atoms with van der Waals surface area (Å²) in [5.41, 5.74) is 2.70. The van der Waals surface area contributed by atoms with Crippen molar-refractivity contribution in [2.75, 3.05) is 24.6 Å². The number of carbonyl (C=O) groups excluding carboxylic acids is 1. The number of benzene rings is 2. The highest BCUT2D eigenvalue weighted by Gasteiger charge is 2.38. The van der Waals surface area contributed by atoms with Gasteiger partial charge in [-0.05, 0) is 30.7 Å². The number of rotatable bonds is 3. The summed E-state index contributed by atoms with van der Waals surface area (Å²) >= 11 is 1.69. The summed E-state index contributed by atoms with van der Waals surface area (Å²) in [5.74, 6) is 0.814. The second-order valence-electron chi connectivity index (χ2n) is 8.03. The van der Waals surface area contributed by atoms with E-state index in [4.69, 9.17) is 9.72 Å². The number of thiazole rings is 1. The van der Waals surface area contributed by atoms with Gasteiger partial charge in [-0.3, -0.25) is 4.79 Å². The van der Waals surface area contributed by atoms with Crippen LogP contribution in [0, 0.1) is 0 Å². The largest absolute Gasteiger partial charge is 0.493 e. The van der Waals surface area contributed by atoms with Crippen LogP contribution >= 0.6 is 11.3 Å². The van der Waals surface area contributed by atoms with Crippen LogP contribution in [0.4, 0.5) is 5.13 Å². The quantitative estimate of drug-likeness (QED) is 0.700. The van der Waals surface area contributed by atoms with Gasteiger partial charge in [-0.15, -0.1) is 0 Å². The van der Waals surface area contributed by atoms with Crippen LogP contribution in [-0.4, -0.2) is 42.7 Å². The SMILES string of the molecule is O=C(N[C@H]1CCOc2ccccc21)c1ccc2nc(N3C[C@H]4C[C@@H]3CN4)sc2c1. The second kappa shape index (κ2) is 6.71. The Kier molecular flexibility index (Phi) is 3.99. The highest BCUT2D eigenvalue weighted by molar-refractivity contribution is 7.22. The molecule has 3 aromatic rings. The Bertz CT molecular complexity index is 1100. The first kappa shape index (κ1) is 17.2. The van der Waals surface area contributed by atoms with E-state index in [9.17, 15) is 4.79 Å². The summed E-state index contributed by atoms with van der Waals surface area (Å²) in [4.78, 5) is 20.2. The van der Waals surface area contributed by atoms with Crippen LogP contribution in [0.5, 0.6) is 5.75 Å². The van der Waals surface area contributed by atoms with Crippen molar-refractivity contribution in [3.63, 3.8) is 0 Å². The van der Waals surface area contributed by atoms with Gasteiger partial charge in [-0.25, -0.2) is 4.98 Å². The van der Waals surface area contributed by atoms with E-state index >= 15 is 0 Å². The lowest BCUT2D eigenvalue weighted by Crippen LogP contribution is -2.43. The van der Waals surface area contributed by atoms with Gasteiger partial charge in [0.25, 0.3) is 5.91 Å². The molecule has 1 amide bonds. The lowest BCUT2D eigenvalue weighted by atomic mass is 10.00. The van der Waals surface area contributed by atoms with E-state index in [1.165, 1.54) is 6.42 Å². The number of anilines is 1. The Morgan fingerprint density at radius 2 is 2.21 bits per heavy atom. The monoisotopic (exact) mass is 406 g/mol. The molecule has 2 aromatic carbocycles. The number of nitrogens with one attached hydrogen (secondary N) is 2. The van der Waals surface area contributed by atoms with Crippen molar-refractivity contribution in [2.45, 2.75) is 31.0 Å². The van der Waals surface area contributed by atoms with Gasteiger partial charge in [0.2, 0.25) is 0 Å². The lowest BCUT2D eigenvalue weighted by Gasteiger charge is -2.26. The third-order valence-electron chi connectivity index (χ3n) is 6.21.